The highest BCUT2D eigenvalue weighted by Gasteiger charge is 2.37. The highest BCUT2D eigenvalue weighted by atomic mass is 16.3. The van der Waals surface area contributed by atoms with Crippen molar-refractivity contribution < 1.29 is 10.6 Å². The number of nitrogens with zero attached hydrogens (tertiary/aromatic N) is 5. The highest BCUT2D eigenvalue weighted by molar-refractivity contribution is 6.07. The lowest BCUT2D eigenvalue weighted by molar-refractivity contribution is 0.387. The Morgan fingerprint density at radius 1 is 1.05 bits per heavy atom. The van der Waals surface area contributed by atoms with Crippen molar-refractivity contribution in [3.63, 3.8) is 0 Å². The number of para-hydroxylation sites is 2. The van der Waals surface area contributed by atoms with Crippen molar-refractivity contribution in [1.29, 1.82) is 0 Å². The molecule has 4 rings (SSSR count). The maximum Gasteiger partial charge on any atom is 0.237 e. The molecule has 0 amide bonds. The molecule has 0 aliphatic carbocycles. The molecule has 22 heavy (non-hydrogen) atoms. The minimum Gasteiger partial charge on any atom is -0.492 e. The lowest BCUT2D eigenvalue weighted by Crippen LogP contribution is -2.36. The van der Waals surface area contributed by atoms with E-state index in [9.17, 15) is 5.11 Å². The number of benzene rings is 1. The number of hydrogen-bond acceptors (Lipinski definition) is 5. The standard InChI is InChI=1S/C15H12N5O.H2O/c1-10-14-15(21)19(11-5-4-8-16-9-11)18-20(14)13-7-3-2-6-12(13)17-10;/h2-9,21H,1H3;1H2. The molecule has 0 saturated heterocycles. The zero-order valence-electron chi connectivity index (χ0n) is 11.8. The predicted octanol–water partition coefficient (Wildman–Crippen LogP) is 1.85. The van der Waals surface area contributed by atoms with E-state index in [1.54, 1.807) is 23.5 Å². The maximum atomic E-state index is 10.5. The summed E-state index contributed by atoms with van der Waals surface area (Å²) in [5.74, 6) is 0.0544. The molecular formula is C15H14N5O2. The molecule has 3 N–H and O–H groups in total. The summed E-state index contributed by atoms with van der Waals surface area (Å²) in [5, 5.41) is 13.7. The van der Waals surface area contributed by atoms with Gasteiger partial charge in [0.05, 0.1) is 29.0 Å². The fourth-order valence-electron chi connectivity index (χ4n) is 2.48. The molecule has 2 aliphatic rings. The Labute approximate surface area is 127 Å². The molecule has 0 fully saturated rings. The van der Waals surface area contributed by atoms with Crippen LogP contribution in [0, 0.1) is 0 Å². The zero-order chi connectivity index (χ0) is 14.4. The molecule has 1 aromatic heterocycles. The van der Waals surface area contributed by atoms with Gasteiger partial charge in [-0.1, -0.05) is 12.1 Å². The van der Waals surface area contributed by atoms with Crippen molar-refractivity contribution in [2.75, 3.05) is 10.0 Å². The minimum absolute atomic E-state index is 0. The Morgan fingerprint density at radius 3 is 2.64 bits per heavy atom. The lowest BCUT2D eigenvalue weighted by atomic mass is 10.1. The van der Waals surface area contributed by atoms with Crippen LogP contribution in [0.1, 0.15) is 6.92 Å². The van der Waals surface area contributed by atoms with Crippen LogP contribution in [0.5, 0.6) is 0 Å². The minimum atomic E-state index is 0. The number of fused-ring (bicyclic) bond motifs is 3. The predicted molar refractivity (Wildman–Crippen MR) is 83.8 cm³/mol. The van der Waals surface area contributed by atoms with Gasteiger partial charge in [-0.25, -0.2) is 15.0 Å². The average Bonchev–Trinajstić information content (AvgIpc) is 2.87. The van der Waals surface area contributed by atoms with Crippen LogP contribution in [0.4, 0.5) is 17.1 Å². The SMILES string of the molecule is CC1=Nc2ccccc2N2[N]N(c3cccnc3)C(O)=C12.O. The van der Waals surface area contributed by atoms with Crippen molar-refractivity contribution in [2.45, 2.75) is 6.92 Å². The second-order valence-corrected chi connectivity index (χ2v) is 4.78. The molecule has 0 bridgehead atoms. The third-order valence-corrected chi connectivity index (χ3v) is 3.43. The fourth-order valence-corrected chi connectivity index (χ4v) is 2.48. The van der Waals surface area contributed by atoms with E-state index < -0.39 is 0 Å². The molecule has 1 radical (unpaired) electrons. The highest BCUT2D eigenvalue weighted by Crippen LogP contribution is 2.39. The van der Waals surface area contributed by atoms with Crippen molar-refractivity contribution in [3.05, 3.63) is 60.4 Å². The first-order valence-corrected chi connectivity index (χ1v) is 6.55. The van der Waals surface area contributed by atoms with Gasteiger partial charge >= 0.3 is 0 Å². The van der Waals surface area contributed by atoms with Gasteiger partial charge in [0.25, 0.3) is 0 Å². The number of allylic oxidation sites excluding steroid dienone is 1. The van der Waals surface area contributed by atoms with Crippen molar-refractivity contribution in [3.8, 4) is 0 Å². The van der Waals surface area contributed by atoms with E-state index in [0.29, 0.717) is 11.4 Å². The van der Waals surface area contributed by atoms with Crippen molar-refractivity contribution in [2.24, 2.45) is 4.99 Å². The third-order valence-electron chi connectivity index (χ3n) is 3.43. The molecule has 0 saturated carbocycles. The van der Waals surface area contributed by atoms with E-state index in [1.165, 1.54) is 5.01 Å². The van der Waals surface area contributed by atoms with Crippen LogP contribution in [-0.2, 0) is 0 Å². The lowest BCUT2D eigenvalue weighted by Gasteiger charge is -2.25. The Balaban J connectivity index is 0.00000144. The van der Waals surface area contributed by atoms with Gasteiger partial charge in [-0.05, 0) is 36.7 Å². The summed E-state index contributed by atoms with van der Waals surface area (Å²) in [7, 11) is 0. The molecule has 3 heterocycles. The van der Waals surface area contributed by atoms with Gasteiger partial charge in [-0.3, -0.25) is 4.98 Å². The first-order valence-electron chi connectivity index (χ1n) is 6.55. The van der Waals surface area contributed by atoms with Crippen LogP contribution in [0.15, 0.2) is 65.4 Å². The Kier molecular flexibility index (Phi) is 3.28. The van der Waals surface area contributed by atoms with Crippen LogP contribution in [-0.4, -0.2) is 21.3 Å². The number of hydrogen-bond donors (Lipinski definition) is 1. The fraction of sp³-hybridized carbons (Fsp3) is 0.0667. The summed E-state index contributed by atoms with van der Waals surface area (Å²) in [5.41, 5.74) is 8.17. The molecular weight excluding hydrogens is 282 g/mol. The topological polar surface area (TPSA) is 97.6 Å². The summed E-state index contributed by atoms with van der Waals surface area (Å²) in [6.07, 6.45) is 3.33. The van der Waals surface area contributed by atoms with Crippen LogP contribution in [0.2, 0.25) is 0 Å². The summed E-state index contributed by atoms with van der Waals surface area (Å²) >= 11 is 0. The van der Waals surface area contributed by atoms with Crippen LogP contribution in [0.3, 0.4) is 0 Å². The smallest absolute Gasteiger partial charge is 0.237 e. The molecule has 2 aliphatic heterocycles. The number of anilines is 2. The summed E-state index contributed by atoms with van der Waals surface area (Å²) in [6.45, 7) is 1.86. The van der Waals surface area contributed by atoms with Crippen molar-refractivity contribution in [1.82, 2.24) is 10.5 Å². The van der Waals surface area contributed by atoms with Gasteiger partial charge < -0.3 is 10.6 Å². The van der Waals surface area contributed by atoms with E-state index >= 15 is 0 Å². The van der Waals surface area contributed by atoms with Gasteiger partial charge in [0.15, 0.2) is 0 Å². The largest absolute Gasteiger partial charge is 0.492 e. The second-order valence-electron chi connectivity index (χ2n) is 4.78. The average molecular weight is 296 g/mol. The van der Waals surface area contributed by atoms with Crippen LogP contribution >= 0.6 is 0 Å². The number of pyridine rings is 1. The first kappa shape index (κ1) is 14.1. The van der Waals surface area contributed by atoms with E-state index in [1.807, 2.05) is 37.3 Å². The molecule has 0 unspecified atom stereocenters. The van der Waals surface area contributed by atoms with Crippen LogP contribution < -0.4 is 15.6 Å². The second kappa shape index (κ2) is 5.14. The Bertz CT molecular complexity index is 773. The van der Waals surface area contributed by atoms with Gasteiger partial charge in [-0.2, -0.15) is 0 Å². The molecule has 2 aromatic rings. The number of aliphatic hydroxyl groups excluding tert-OH is 1. The van der Waals surface area contributed by atoms with E-state index in [4.69, 9.17) is 0 Å². The first-order chi connectivity index (χ1) is 10.3. The van der Waals surface area contributed by atoms with Gasteiger partial charge in [-0.15, -0.1) is 0 Å². The van der Waals surface area contributed by atoms with Gasteiger partial charge in [0, 0.05) is 6.20 Å². The van der Waals surface area contributed by atoms with Gasteiger partial charge in [0.2, 0.25) is 5.88 Å². The third kappa shape index (κ3) is 1.92. The Hall–Kier alpha value is -2.90. The van der Waals surface area contributed by atoms with Gasteiger partial charge in [0.1, 0.15) is 5.70 Å². The molecule has 111 valence electrons. The number of aromatic nitrogens is 1. The number of aliphatic hydroxyl groups is 1. The monoisotopic (exact) mass is 296 g/mol. The van der Waals surface area contributed by atoms with E-state index in [2.05, 4.69) is 15.5 Å². The molecule has 0 spiro atoms. The summed E-state index contributed by atoms with van der Waals surface area (Å²) in [4.78, 5) is 8.58. The zero-order valence-corrected chi connectivity index (χ0v) is 11.8. The quantitative estimate of drug-likeness (QED) is 0.868. The van der Waals surface area contributed by atoms with E-state index in [-0.39, 0.29) is 11.4 Å². The molecule has 7 nitrogen and oxygen atoms in total. The van der Waals surface area contributed by atoms with Crippen LogP contribution in [0.25, 0.3) is 0 Å². The molecule has 7 heteroatoms. The maximum absolute atomic E-state index is 10.5. The summed E-state index contributed by atoms with van der Waals surface area (Å²) < 4.78 is 0. The summed E-state index contributed by atoms with van der Waals surface area (Å²) in [6, 6.07) is 11.3. The molecule has 1 aromatic carbocycles. The normalized spacial score (nSPS) is 16.0. The molecule has 0 atom stereocenters. The Morgan fingerprint density at radius 2 is 1.86 bits per heavy atom. The number of aliphatic imine (C=N–C) groups is 1. The number of rotatable bonds is 1. The van der Waals surface area contributed by atoms with Crippen molar-refractivity contribution >= 4 is 22.8 Å². The van der Waals surface area contributed by atoms with E-state index in [0.717, 1.165) is 17.1 Å².